The Balaban J connectivity index is 2.30. The molecule has 0 spiro atoms. The number of halogens is 2. The van der Waals surface area contributed by atoms with Gasteiger partial charge < -0.3 is 4.52 Å². The Labute approximate surface area is 94.3 Å². The molecule has 0 aliphatic heterocycles. The third kappa shape index (κ3) is 2.40. The lowest BCUT2D eigenvalue weighted by Gasteiger charge is -1.96. The molecule has 0 radical (unpaired) electrons. The summed E-state index contributed by atoms with van der Waals surface area (Å²) in [7, 11) is 0. The van der Waals surface area contributed by atoms with Gasteiger partial charge in [0.2, 0.25) is 0 Å². The zero-order valence-electron chi connectivity index (χ0n) is 8.47. The molecule has 2 aromatic rings. The molecule has 7 heteroatoms. The zero-order chi connectivity index (χ0) is 12.3. The lowest BCUT2D eigenvalue weighted by molar-refractivity contribution is 0.387. The van der Waals surface area contributed by atoms with Gasteiger partial charge in [-0.2, -0.15) is 0 Å². The van der Waals surface area contributed by atoms with Gasteiger partial charge in [0.1, 0.15) is 11.5 Å². The highest BCUT2D eigenvalue weighted by atomic mass is 19.2. The van der Waals surface area contributed by atoms with Gasteiger partial charge in [-0.3, -0.25) is 0 Å². The molecule has 17 heavy (non-hydrogen) atoms. The third-order valence-electron chi connectivity index (χ3n) is 2.06. The van der Waals surface area contributed by atoms with E-state index in [0.717, 1.165) is 12.1 Å². The Kier molecular flexibility index (Phi) is 3.02. The van der Waals surface area contributed by atoms with E-state index in [2.05, 4.69) is 15.2 Å². The predicted octanol–water partition coefficient (Wildman–Crippen LogP) is 3.43. The summed E-state index contributed by atoms with van der Waals surface area (Å²) >= 11 is 0. The summed E-state index contributed by atoms with van der Waals surface area (Å²) in [6.45, 7) is 0.0210. The van der Waals surface area contributed by atoms with E-state index < -0.39 is 11.6 Å². The minimum absolute atomic E-state index is 0.0210. The first-order chi connectivity index (χ1) is 8.20. The molecule has 0 unspecified atom stereocenters. The first-order valence-electron chi connectivity index (χ1n) is 4.62. The van der Waals surface area contributed by atoms with Crippen LogP contribution in [-0.4, -0.2) is 5.16 Å². The fraction of sp³-hybridized carbons (Fsp3) is 0.100. The van der Waals surface area contributed by atoms with Gasteiger partial charge in [-0.25, -0.2) is 8.78 Å². The highest BCUT2D eigenvalue weighted by molar-refractivity contribution is 5.58. The van der Waals surface area contributed by atoms with E-state index in [1.54, 1.807) is 0 Å². The fourth-order valence-corrected chi connectivity index (χ4v) is 1.28. The van der Waals surface area contributed by atoms with Crippen molar-refractivity contribution in [2.24, 2.45) is 5.11 Å². The van der Waals surface area contributed by atoms with Gasteiger partial charge in [0.15, 0.2) is 11.6 Å². The van der Waals surface area contributed by atoms with Gasteiger partial charge >= 0.3 is 0 Å². The van der Waals surface area contributed by atoms with Crippen molar-refractivity contribution in [2.45, 2.75) is 6.54 Å². The van der Waals surface area contributed by atoms with E-state index in [9.17, 15) is 8.78 Å². The standard InChI is InChI=1S/C10H6F2N4O/c11-8-2-1-6(3-9(8)12)10-4-7(17-15-10)5-14-16-13/h1-4H,5H2. The average Bonchev–Trinajstić information content (AvgIpc) is 2.79. The summed E-state index contributed by atoms with van der Waals surface area (Å²) in [4.78, 5) is 2.57. The van der Waals surface area contributed by atoms with Gasteiger partial charge in [-0.05, 0) is 23.7 Å². The largest absolute Gasteiger partial charge is 0.361 e. The SMILES string of the molecule is [N-]=[N+]=NCc1cc(-c2ccc(F)c(F)c2)no1. The fourth-order valence-electron chi connectivity index (χ4n) is 1.28. The highest BCUT2D eigenvalue weighted by Crippen LogP contribution is 2.21. The number of rotatable bonds is 3. The van der Waals surface area contributed by atoms with E-state index in [-0.39, 0.29) is 6.54 Å². The molecule has 0 aliphatic carbocycles. The van der Waals surface area contributed by atoms with E-state index in [4.69, 9.17) is 10.1 Å². The van der Waals surface area contributed by atoms with Crippen LogP contribution < -0.4 is 0 Å². The molecule has 0 aliphatic rings. The van der Waals surface area contributed by atoms with Crippen LogP contribution in [0.4, 0.5) is 8.78 Å². The Morgan fingerprint density at radius 1 is 1.29 bits per heavy atom. The second-order valence-corrected chi connectivity index (χ2v) is 3.20. The van der Waals surface area contributed by atoms with Crippen LogP contribution in [0.5, 0.6) is 0 Å². The maximum Gasteiger partial charge on any atom is 0.159 e. The third-order valence-corrected chi connectivity index (χ3v) is 2.06. The predicted molar refractivity (Wildman–Crippen MR) is 54.7 cm³/mol. The van der Waals surface area contributed by atoms with Crippen LogP contribution in [0.3, 0.4) is 0 Å². The van der Waals surface area contributed by atoms with Gasteiger partial charge in [0.05, 0.1) is 6.54 Å². The maximum atomic E-state index is 13.0. The monoisotopic (exact) mass is 236 g/mol. The minimum atomic E-state index is -0.956. The van der Waals surface area contributed by atoms with Crippen LogP contribution in [0.25, 0.3) is 21.7 Å². The van der Waals surface area contributed by atoms with Gasteiger partial charge in [0.25, 0.3) is 0 Å². The van der Waals surface area contributed by atoms with Crippen molar-refractivity contribution in [3.05, 3.63) is 52.1 Å². The second-order valence-electron chi connectivity index (χ2n) is 3.20. The summed E-state index contributed by atoms with van der Waals surface area (Å²) in [5, 5.41) is 6.96. The highest BCUT2D eigenvalue weighted by Gasteiger charge is 2.09. The van der Waals surface area contributed by atoms with Gasteiger partial charge in [-0.15, -0.1) is 0 Å². The molecule has 0 saturated carbocycles. The summed E-state index contributed by atoms with van der Waals surface area (Å²) in [6.07, 6.45) is 0. The number of aromatic nitrogens is 1. The topological polar surface area (TPSA) is 74.8 Å². The van der Waals surface area contributed by atoms with Crippen LogP contribution >= 0.6 is 0 Å². The molecule has 0 fully saturated rings. The molecule has 0 N–H and O–H groups in total. The Morgan fingerprint density at radius 2 is 2.12 bits per heavy atom. The van der Waals surface area contributed by atoms with Crippen LogP contribution in [0, 0.1) is 11.6 Å². The van der Waals surface area contributed by atoms with E-state index in [1.165, 1.54) is 12.1 Å². The number of benzene rings is 1. The molecule has 86 valence electrons. The molecule has 1 heterocycles. The van der Waals surface area contributed by atoms with Crippen LogP contribution in [-0.2, 0) is 6.54 Å². The zero-order valence-corrected chi connectivity index (χ0v) is 8.47. The molecule has 0 saturated heterocycles. The first-order valence-corrected chi connectivity index (χ1v) is 4.62. The van der Waals surface area contributed by atoms with Gasteiger partial charge in [0, 0.05) is 16.5 Å². The Hall–Kier alpha value is -2.40. The van der Waals surface area contributed by atoms with Crippen LogP contribution in [0.1, 0.15) is 5.76 Å². The van der Waals surface area contributed by atoms with Crippen molar-refractivity contribution in [3.63, 3.8) is 0 Å². The number of nitrogens with zero attached hydrogens (tertiary/aromatic N) is 4. The molecule has 1 aromatic carbocycles. The van der Waals surface area contributed by atoms with Crippen LogP contribution in [0.2, 0.25) is 0 Å². The maximum absolute atomic E-state index is 13.0. The smallest absolute Gasteiger partial charge is 0.159 e. The lowest BCUT2D eigenvalue weighted by atomic mass is 10.1. The quantitative estimate of drug-likeness (QED) is 0.465. The molecule has 0 amide bonds. The summed E-state index contributed by atoms with van der Waals surface area (Å²) in [6, 6.07) is 4.91. The Morgan fingerprint density at radius 3 is 2.82 bits per heavy atom. The molecular formula is C10H6F2N4O. The molecule has 2 rings (SSSR count). The first kappa shape index (κ1) is 11.1. The van der Waals surface area contributed by atoms with Crippen molar-refractivity contribution in [3.8, 4) is 11.3 Å². The van der Waals surface area contributed by atoms with Crippen molar-refractivity contribution >= 4 is 0 Å². The lowest BCUT2D eigenvalue weighted by Crippen LogP contribution is -1.85. The normalized spacial score (nSPS) is 10.0. The number of azide groups is 1. The van der Waals surface area contributed by atoms with Crippen molar-refractivity contribution in [1.82, 2.24) is 5.16 Å². The van der Waals surface area contributed by atoms with Gasteiger partial charge in [-0.1, -0.05) is 10.3 Å². The minimum Gasteiger partial charge on any atom is -0.361 e. The Bertz CT molecular complexity index is 590. The summed E-state index contributed by atoms with van der Waals surface area (Å²) in [5.41, 5.74) is 8.87. The van der Waals surface area contributed by atoms with Crippen molar-refractivity contribution < 1.29 is 13.3 Å². The average molecular weight is 236 g/mol. The molecule has 0 atom stereocenters. The number of hydrogen-bond donors (Lipinski definition) is 0. The summed E-state index contributed by atoms with van der Waals surface area (Å²) < 4.78 is 30.5. The number of hydrogen-bond acceptors (Lipinski definition) is 3. The van der Waals surface area contributed by atoms with Crippen LogP contribution in [0.15, 0.2) is 33.9 Å². The van der Waals surface area contributed by atoms with E-state index in [0.29, 0.717) is 17.0 Å². The van der Waals surface area contributed by atoms with E-state index in [1.807, 2.05) is 0 Å². The van der Waals surface area contributed by atoms with Crippen molar-refractivity contribution in [2.75, 3.05) is 0 Å². The van der Waals surface area contributed by atoms with Crippen molar-refractivity contribution in [1.29, 1.82) is 0 Å². The van der Waals surface area contributed by atoms with E-state index >= 15 is 0 Å². The summed E-state index contributed by atoms with van der Waals surface area (Å²) in [5.74, 6) is -1.53. The second kappa shape index (κ2) is 4.63. The molecule has 0 bridgehead atoms. The molecule has 5 nitrogen and oxygen atoms in total. The molecular weight excluding hydrogens is 230 g/mol. The molecule has 1 aromatic heterocycles.